The van der Waals surface area contributed by atoms with Crippen molar-refractivity contribution in [3.63, 3.8) is 0 Å². The predicted molar refractivity (Wildman–Crippen MR) is 116 cm³/mol. The summed E-state index contributed by atoms with van der Waals surface area (Å²) in [4.78, 5) is 21.4. The van der Waals surface area contributed by atoms with Crippen molar-refractivity contribution in [2.24, 2.45) is 5.73 Å². The van der Waals surface area contributed by atoms with E-state index >= 15 is 0 Å². The molecule has 31 heavy (non-hydrogen) atoms. The number of carbonyl (C=O) groups is 1. The first-order valence-corrected chi connectivity index (χ1v) is 10.6. The van der Waals surface area contributed by atoms with Gasteiger partial charge < -0.3 is 25.3 Å². The van der Waals surface area contributed by atoms with Gasteiger partial charge in [-0.2, -0.15) is 0 Å². The Hall–Kier alpha value is -2.82. The molecule has 8 nitrogen and oxygen atoms in total. The van der Waals surface area contributed by atoms with Crippen LogP contribution in [0.1, 0.15) is 28.1 Å². The molecule has 0 spiro atoms. The number of anilines is 2. The number of hydrogen-bond acceptors (Lipinski definition) is 8. The summed E-state index contributed by atoms with van der Waals surface area (Å²) in [5.41, 5.74) is 6.72. The van der Waals surface area contributed by atoms with Crippen LogP contribution in [-0.4, -0.2) is 48.4 Å². The molecule has 10 heteroatoms. The average Bonchev–Trinajstić information content (AvgIpc) is 3.31. The van der Waals surface area contributed by atoms with Crippen LogP contribution in [0.3, 0.4) is 0 Å². The summed E-state index contributed by atoms with van der Waals surface area (Å²) in [5.74, 6) is -0.0929. The minimum absolute atomic E-state index is 0.0814. The molecular formula is C21H23FN4O4S. The van der Waals surface area contributed by atoms with Gasteiger partial charge in [-0.1, -0.05) is 0 Å². The first-order valence-electron chi connectivity index (χ1n) is 9.74. The normalized spacial score (nSPS) is 20.8. The van der Waals surface area contributed by atoms with E-state index in [0.29, 0.717) is 50.8 Å². The number of primary amides is 1. The molecule has 0 radical (unpaired) electrons. The topological polar surface area (TPSA) is 109 Å². The third-order valence-corrected chi connectivity index (χ3v) is 6.67. The van der Waals surface area contributed by atoms with Crippen molar-refractivity contribution in [1.29, 1.82) is 0 Å². The van der Waals surface area contributed by atoms with E-state index in [1.54, 1.807) is 27.2 Å². The number of fused-ring (bicyclic) bond motifs is 1. The van der Waals surface area contributed by atoms with Crippen LogP contribution >= 0.6 is 11.3 Å². The molecule has 3 aromatic rings. The summed E-state index contributed by atoms with van der Waals surface area (Å²) >= 11 is 1.21. The van der Waals surface area contributed by atoms with Gasteiger partial charge in [0.1, 0.15) is 34.6 Å². The first-order chi connectivity index (χ1) is 14.9. The van der Waals surface area contributed by atoms with Crippen molar-refractivity contribution in [3.05, 3.63) is 40.8 Å². The number of methoxy groups -OCH3 is 2. The molecule has 0 bridgehead atoms. The SMILES string of the molecule is COC1CC(Oc2cc(F)ccc2Nc2ncnc3sc(C(N)=O)c(C)c23)CC1OC. The molecule has 0 aliphatic heterocycles. The van der Waals surface area contributed by atoms with Gasteiger partial charge in [0.15, 0.2) is 0 Å². The minimum atomic E-state index is -0.515. The molecule has 1 aromatic carbocycles. The molecule has 1 saturated carbocycles. The van der Waals surface area contributed by atoms with Crippen LogP contribution in [0, 0.1) is 12.7 Å². The highest BCUT2D eigenvalue weighted by Crippen LogP contribution is 2.37. The standard InChI is InChI=1S/C21H23FN4O4S/c1-10-17-20(24-9-25-21(17)31-18(10)19(23)27)26-13-5-4-11(22)6-14(13)30-12-7-15(28-2)16(8-12)29-3/h4-6,9,12,15-16H,7-8H2,1-3H3,(H2,23,27)(H,24,25,26). The van der Waals surface area contributed by atoms with E-state index in [1.807, 2.05) is 0 Å². The molecule has 3 N–H and O–H groups in total. The zero-order valence-corrected chi connectivity index (χ0v) is 18.2. The van der Waals surface area contributed by atoms with Crippen LogP contribution in [0.25, 0.3) is 10.2 Å². The fourth-order valence-corrected chi connectivity index (χ4v) is 4.92. The van der Waals surface area contributed by atoms with Crippen LogP contribution in [0.2, 0.25) is 0 Å². The molecule has 1 amide bonds. The zero-order valence-electron chi connectivity index (χ0n) is 17.3. The highest BCUT2D eigenvalue weighted by Gasteiger charge is 2.36. The van der Waals surface area contributed by atoms with E-state index in [0.717, 1.165) is 0 Å². The highest BCUT2D eigenvalue weighted by atomic mass is 32.1. The lowest BCUT2D eigenvalue weighted by atomic mass is 10.2. The Morgan fingerprint density at radius 3 is 2.58 bits per heavy atom. The molecule has 2 aromatic heterocycles. The number of halogens is 1. The van der Waals surface area contributed by atoms with E-state index in [2.05, 4.69) is 15.3 Å². The van der Waals surface area contributed by atoms with Crippen LogP contribution in [0.15, 0.2) is 24.5 Å². The van der Waals surface area contributed by atoms with Crippen LogP contribution in [0.4, 0.5) is 15.9 Å². The number of rotatable bonds is 7. The van der Waals surface area contributed by atoms with Gasteiger partial charge in [-0.15, -0.1) is 11.3 Å². The van der Waals surface area contributed by atoms with E-state index in [9.17, 15) is 9.18 Å². The summed E-state index contributed by atoms with van der Waals surface area (Å²) in [6.07, 6.45) is 2.32. The second kappa shape index (κ2) is 8.74. The van der Waals surface area contributed by atoms with Gasteiger partial charge in [0.2, 0.25) is 0 Å². The molecule has 1 fully saturated rings. The van der Waals surface area contributed by atoms with Crippen LogP contribution in [0.5, 0.6) is 5.75 Å². The molecular weight excluding hydrogens is 423 g/mol. The lowest BCUT2D eigenvalue weighted by Crippen LogP contribution is -2.23. The fourth-order valence-electron chi connectivity index (χ4n) is 3.92. The minimum Gasteiger partial charge on any atom is -0.488 e. The maximum atomic E-state index is 14.0. The van der Waals surface area contributed by atoms with Gasteiger partial charge in [-0.05, 0) is 24.6 Å². The van der Waals surface area contributed by atoms with Crippen LogP contribution < -0.4 is 15.8 Å². The Bertz CT molecular complexity index is 1110. The van der Waals surface area contributed by atoms with Crippen molar-refractivity contribution in [1.82, 2.24) is 9.97 Å². The lowest BCUT2D eigenvalue weighted by Gasteiger charge is -2.18. The van der Waals surface area contributed by atoms with Crippen LogP contribution in [-0.2, 0) is 9.47 Å². The van der Waals surface area contributed by atoms with E-state index < -0.39 is 11.7 Å². The molecule has 164 valence electrons. The summed E-state index contributed by atoms with van der Waals surface area (Å²) in [6.45, 7) is 1.80. The van der Waals surface area contributed by atoms with Crippen molar-refractivity contribution < 1.29 is 23.4 Å². The molecule has 4 rings (SSSR count). The number of benzene rings is 1. The summed E-state index contributed by atoms with van der Waals surface area (Å²) in [6, 6.07) is 4.26. The Labute approximate surface area is 182 Å². The Balaban J connectivity index is 1.65. The number of nitrogens with zero attached hydrogens (tertiary/aromatic N) is 2. The summed E-state index contributed by atoms with van der Waals surface area (Å²) in [5, 5.41) is 3.90. The molecule has 2 atom stereocenters. The van der Waals surface area contributed by atoms with Gasteiger partial charge in [0.25, 0.3) is 5.91 Å². The number of thiophene rings is 1. The Kier molecular flexibility index (Phi) is 6.03. The molecule has 1 aliphatic rings. The number of amides is 1. The Morgan fingerprint density at radius 2 is 1.94 bits per heavy atom. The molecule has 2 heterocycles. The lowest BCUT2D eigenvalue weighted by molar-refractivity contribution is -0.0157. The zero-order chi connectivity index (χ0) is 22.1. The first kappa shape index (κ1) is 21.4. The van der Waals surface area contributed by atoms with E-state index in [1.165, 1.54) is 29.8 Å². The van der Waals surface area contributed by atoms with Gasteiger partial charge in [-0.25, -0.2) is 14.4 Å². The van der Waals surface area contributed by atoms with Crippen molar-refractivity contribution in [3.8, 4) is 5.75 Å². The molecule has 1 aliphatic carbocycles. The number of aryl methyl sites for hydroxylation is 1. The highest BCUT2D eigenvalue weighted by molar-refractivity contribution is 7.20. The van der Waals surface area contributed by atoms with E-state index in [-0.39, 0.29) is 18.3 Å². The second-order valence-corrected chi connectivity index (χ2v) is 8.35. The average molecular weight is 447 g/mol. The third kappa shape index (κ3) is 4.18. The van der Waals surface area contributed by atoms with Crippen molar-refractivity contribution in [2.75, 3.05) is 19.5 Å². The smallest absolute Gasteiger partial charge is 0.259 e. The predicted octanol–water partition coefficient (Wildman–Crippen LogP) is 3.55. The third-order valence-electron chi connectivity index (χ3n) is 5.45. The monoisotopic (exact) mass is 446 g/mol. The van der Waals surface area contributed by atoms with Gasteiger partial charge >= 0.3 is 0 Å². The fraction of sp³-hybridized carbons (Fsp3) is 0.381. The maximum absolute atomic E-state index is 14.0. The quantitative estimate of drug-likeness (QED) is 0.571. The summed E-state index contributed by atoms with van der Waals surface area (Å²) in [7, 11) is 3.27. The largest absolute Gasteiger partial charge is 0.488 e. The maximum Gasteiger partial charge on any atom is 0.259 e. The van der Waals surface area contributed by atoms with Crippen molar-refractivity contribution >= 4 is 39.0 Å². The number of aromatic nitrogens is 2. The van der Waals surface area contributed by atoms with E-state index in [4.69, 9.17) is 19.9 Å². The second-order valence-electron chi connectivity index (χ2n) is 7.35. The molecule has 0 saturated heterocycles. The number of ether oxygens (including phenoxy) is 3. The Morgan fingerprint density at radius 1 is 1.23 bits per heavy atom. The van der Waals surface area contributed by atoms with Gasteiger partial charge in [0.05, 0.1) is 28.2 Å². The van der Waals surface area contributed by atoms with Gasteiger partial charge in [-0.3, -0.25) is 4.79 Å². The van der Waals surface area contributed by atoms with Crippen molar-refractivity contribution in [2.45, 2.75) is 38.1 Å². The molecule has 2 unspecified atom stereocenters. The number of nitrogens with two attached hydrogens (primary N) is 1. The number of nitrogens with one attached hydrogen (secondary N) is 1. The number of carbonyl (C=O) groups excluding carboxylic acids is 1. The van der Waals surface area contributed by atoms with Gasteiger partial charge in [0, 0.05) is 33.1 Å². The number of hydrogen-bond donors (Lipinski definition) is 2. The summed E-state index contributed by atoms with van der Waals surface area (Å²) < 4.78 is 31.1.